The number of aromatic nitrogens is 4. The average molecular weight is 515 g/mol. The molecule has 10 heteroatoms. The van der Waals surface area contributed by atoms with Gasteiger partial charge in [-0.3, -0.25) is 9.78 Å². The molecule has 38 heavy (non-hydrogen) atoms. The third-order valence-corrected chi connectivity index (χ3v) is 5.93. The number of hydrogen-bond donors (Lipinski definition) is 1. The number of fused-ring (bicyclic) bond motifs is 1. The molecule has 4 heterocycles. The summed E-state index contributed by atoms with van der Waals surface area (Å²) in [7, 11) is 0. The van der Waals surface area contributed by atoms with Crippen LogP contribution in [0.2, 0.25) is 0 Å². The maximum atomic E-state index is 15.0. The molecule has 0 spiro atoms. The number of H-pyrrole nitrogens is 1. The highest BCUT2D eigenvalue weighted by molar-refractivity contribution is 5.87. The highest BCUT2D eigenvalue weighted by Gasteiger charge is 2.31. The molecule has 4 aromatic heterocycles. The van der Waals surface area contributed by atoms with Gasteiger partial charge in [-0.2, -0.15) is 18.4 Å². The van der Waals surface area contributed by atoms with Crippen LogP contribution >= 0.6 is 0 Å². The number of pyridine rings is 3. The number of nitrogens with one attached hydrogen (secondary N) is 1. The number of alkyl halides is 3. The van der Waals surface area contributed by atoms with Crippen LogP contribution in [0.3, 0.4) is 0 Å². The molecule has 0 saturated heterocycles. The molecule has 0 aliphatic rings. The zero-order valence-corrected chi connectivity index (χ0v) is 19.6. The molecule has 0 radical (unpaired) electrons. The number of ketones is 1. The van der Waals surface area contributed by atoms with Crippen molar-refractivity contribution in [3.8, 4) is 28.5 Å². The van der Waals surface area contributed by atoms with Crippen molar-refractivity contribution in [2.75, 3.05) is 0 Å². The number of nitrogens with zero attached hydrogens (tertiary/aromatic N) is 4. The lowest BCUT2D eigenvalue weighted by Crippen LogP contribution is -2.10. The van der Waals surface area contributed by atoms with Gasteiger partial charge >= 0.3 is 6.18 Å². The zero-order chi connectivity index (χ0) is 26.9. The summed E-state index contributed by atoms with van der Waals surface area (Å²) in [6.07, 6.45) is 0.0929. The Kier molecular flexibility index (Phi) is 6.43. The topological polar surface area (TPSA) is 95.3 Å². The number of aromatic amines is 1. The molecule has 0 saturated carbocycles. The van der Waals surface area contributed by atoms with E-state index in [4.69, 9.17) is 5.26 Å². The monoisotopic (exact) mass is 515 g/mol. The van der Waals surface area contributed by atoms with Crippen molar-refractivity contribution in [3.05, 3.63) is 102 Å². The number of nitriles is 1. The molecule has 0 amide bonds. The molecule has 6 nitrogen and oxygen atoms in total. The van der Waals surface area contributed by atoms with Gasteiger partial charge in [-0.15, -0.1) is 0 Å². The fraction of sp³-hybridized carbons (Fsp3) is 0.107. The number of halogens is 4. The molecule has 5 rings (SSSR count). The van der Waals surface area contributed by atoms with Crippen LogP contribution in [0.15, 0.2) is 73.3 Å². The number of carbonyl (C=O) groups excluding carboxylic acids is 1. The zero-order valence-electron chi connectivity index (χ0n) is 19.6. The summed E-state index contributed by atoms with van der Waals surface area (Å²) in [6, 6.07) is 14.3. The van der Waals surface area contributed by atoms with Crippen molar-refractivity contribution in [2.45, 2.75) is 19.0 Å². The summed E-state index contributed by atoms with van der Waals surface area (Å²) in [4.78, 5) is 27.6. The maximum absolute atomic E-state index is 15.0. The molecule has 188 valence electrons. The minimum atomic E-state index is -4.55. The summed E-state index contributed by atoms with van der Waals surface area (Å²) < 4.78 is 53.7. The number of carbonyl (C=O) groups is 1. The Morgan fingerprint density at radius 1 is 0.895 bits per heavy atom. The highest BCUT2D eigenvalue weighted by Crippen LogP contribution is 2.30. The quantitative estimate of drug-likeness (QED) is 0.277. The molecule has 0 bridgehead atoms. The van der Waals surface area contributed by atoms with Gasteiger partial charge in [-0.25, -0.2) is 14.4 Å². The van der Waals surface area contributed by atoms with Crippen molar-refractivity contribution in [2.24, 2.45) is 0 Å². The standard InChI is InChI=1S/C28H17F4N5O/c29-25-8-16(6-23(38)7-17-5-21(15-34-12-17)28(30,31)32)1-4-24(25)20-9-19-10-26(37-27(19)36-14-20)18-2-3-22(11-33)35-13-18/h1-5,8-10,12-15H,6-7H2,(H,36,37). The van der Waals surface area contributed by atoms with Gasteiger partial charge in [-0.05, 0) is 47.5 Å². The van der Waals surface area contributed by atoms with Crippen molar-refractivity contribution in [1.82, 2.24) is 19.9 Å². The van der Waals surface area contributed by atoms with Crippen LogP contribution in [-0.4, -0.2) is 25.7 Å². The maximum Gasteiger partial charge on any atom is 0.417 e. The van der Waals surface area contributed by atoms with E-state index >= 15 is 4.39 Å². The first-order chi connectivity index (χ1) is 18.2. The Bertz CT molecular complexity index is 1700. The van der Waals surface area contributed by atoms with E-state index in [1.807, 2.05) is 12.1 Å². The van der Waals surface area contributed by atoms with Crippen LogP contribution in [0.4, 0.5) is 17.6 Å². The first kappa shape index (κ1) is 24.8. The van der Waals surface area contributed by atoms with Gasteiger partial charge in [0.1, 0.15) is 29.0 Å². The summed E-state index contributed by atoms with van der Waals surface area (Å²) in [5.41, 5.74) is 2.86. The van der Waals surface area contributed by atoms with Gasteiger partial charge in [0.25, 0.3) is 0 Å². The molecule has 0 atom stereocenters. The van der Waals surface area contributed by atoms with Gasteiger partial charge in [0.15, 0.2) is 0 Å². The Morgan fingerprint density at radius 3 is 2.39 bits per heavy atom. The smallest absolute Gasteiger partial charge is 0.339 e. The molecular weight excluding hydrogens is 498 g/mol. The largest absolute Gasteiger partial charge is 0.417 e. The second-order valence-corrected chi connectivity index (χ2v) is 8.67. The minimum absolute atomic E-state index is 0.134. The van der Waals surface area contributed by atoms with E-state index in [0.717, 1.165) is 22.7 Å². The Hall–Kier alpha value is -4.91. The second kappa shape index (κ2) is 9.86. The Labute approximate surface area is 213 Å². The van der Waals surface area contributed by atoms with E-state index < -0.39 is 17.6 Å². The Balaban J connectivity index is 1.32. The van der Waals surface area contributed by atoms with E-state index in [0.29, 0.717) is 34.2 Å². The normalized spacial score (nSPS) is 11.4. The molecule has 0 aliphatic carbocycles. The highest BCUT2D eigenvalue weighted by atomic mass is 19.4. The van der Waals surface area contributed by atoms with Crippen LogP contribution in [0.5, 0.6) is 0 Å². The lowest BCUT2D eigenvalue weighted by molar-refractivity contribution is -0.138. The van der Waals surface area contributed by atoms with Crippen LogP contribution in [-0.2, 0) is 23.8 Å². The van der Waals surface area contributed by atoms with Crippen molar-refractivity contribution in [1.29, 1.82) is 5.26 Å². The van der Waals surface area contributed by atoms with E-state index in [1.54, 1.807) is 36.5 Å². The minimum Gasteiger partial charge on any atom is -0.339 e. The van der Waals surface area contributed by atoms with Crippen LogP contribution in [0, 0.1) is 17.1 Å². The predicted molar refractivity (Wildman–Crippen MR) is 131 cm³/mol. The summed E-state index contributed by atoms with van der Waals surface area (Å²) >= 11 is 0. The number of Topliss-reactive ketones (excluding diaryl/α,β-unsaturated/α-hetero) is 1. The predicted octanol–water partition coefficient (Wildman–Crippen LogP) is 6.07. The third kappa shape index (κ3) is 5.27. The first-order valence-corrected chi connectivity index (χ1v) is 11.4. The molecule has 0 unspecified atom stereocenters. The summed E-state index contributed by atoms with van der Waals surface area (Å²) in [5, 5.41) is 9.66. The van der Waals surface area contributed by atoms with E-state index in [1.165, 1.54) is 18.5 Å². The van der Waals surface area contributed by atoms with Gasteiger partial charge in [-0.1, -0.05) is 12.1 Å². The van der Waals surface area contributed by atoms with Crippen LogP contribution < -0.4 is 0 Å². The van der Waals surface area contributed by atoms with Crippen molar-refractivity contribution >= 4 is 16.8 Å². The average Bonchev–Trinajstić information content (AvgIpc) is 3.32. The van der Waals surface area contributed by atoms with Gasteiger partial charge < -0.3 is 4.98 Å². The molecular formula is C28H17F4N5O. The number of rotatable bonds is 6. The molecule has 0 fully saturated rings. The third-order valence-electron chi connectivity index (χ3n) is 5.93. The number of hydrogen-bond acceptors (Lipinski definition) is 5. The van der Waals surface area contributed by atoms with Crippen molar-refractivity contribution < 1.29 is 22.4 Å². The first-order valence-electron chi connectivity index (χ1n) is 11.4. The molecule has 5 aromatic rings. The number of benzene rings is 1. The van der Waals surface area contributed by atoms with Crippen LogP contribution in [0.1, 0.15) is 22.4 Å². The molecule has 1 aromatic carbocycles. The van der Waals surface area contributed by atoms with Crippen molar-refractivity contribution in [3.63, 3.8) is 0 Å². The van der Waals surface area contributed by atoms with Gasteiger partial charge in [0, 0.05) is 65.4 Å². The summed E-state index contributed by atoms with van der Waals surface area (Å²) in [6.45, 7) is 0. The SMILES string of the molecule is N#Cc1ccc(-c2cc3cc(-c4ccc(CC(=O)Cc5cncc(C(F)(F)F)c5)cc4F)cnc3[nH]2)cn1. The lowest BCUT2D eigenvalue weighted by Gasteiger charge is -2.09. The van der Waals surface area contributed by atoms with Crippen LogP contribution in [0.25, 0.3) is 33.4 Å². The second-order valence-electron chi connectivity index (χ2n) is 8.67. The van der Waals surface area contributed by atoms with Gasteiger partial charge in [0.05, 0.1) is 5.56 Å². The lowest BCUT2D eigenvalue weighted by atomic mass is 9.99. The molecule has 1 N–H and O–H groups in total. The van der Waals surface area contributed by atoms with E-state index in [-0.39, 0.29) is 24.2 Å². The van der Waals surface area contributed by atoms with E-state index in [9.17, 15) is 18.0 Å². The fourth-order valence-electron chi connectivity index (χ4n) is 4.10. The Morgan fingerprint density at radius 2 is 1.68 bits per heavy atom. The molecule has 0 aliphatic heterocycles. The van der Waals surface area contributed by atoms with E-state index in [2.05, 4.69) is 19.9 Å². The van der Waals surface area contributed by atoms with Gasteiger partial charge in [0.2, 0.25) is 0 Å². The fourth-order valence-corrected chi connectivity index (χ4v) is 4.10. The summed E-state index contributed by atoms with van der Waals surface area (Å²) in [5.74, 6) is -0.914.